The highest BCUT2D eigenvalue weighted by Gasteiger charge is 2.09. The van der Waals surface area contributed by atoms with Crippen molar-refractivity contribution in [1.82, 2.24) is 10.2 Å². The summed E-state index contributed by atoms with van der Waals surface area (Å²) in [5.41, 5.74) is 0.870. The molecule has 1 N–H and O–H groups in total. The first-order valence-corrected chi connectivity index (χ1v) is 7.90. The third-order valence-corrected chi connectivity index (χ3v) is 3.37. The number of carbonyl (C=O) groups excluding carboxylic acids is 2. The van der Waals surface area contributed by atoms with Crippen LogP contribution >= 0.6 is 0 Å². The summed E-state index contributed by atoms with van der Waals surface area (Å²) in [6.45, 7) is 2.84. The van der Waals surface area contributed by atoms with Crippen LogP contribution in [-0.2, 0) is 9.59 Å². The van der Waals surface area contributed by atoms with E-state index in [4.69, 9.17) is 4.74 Å². The number of methoxy groups -OCH3 is 1. The van der Waals surface area contributed by atoms with Gasteiger partial charge in [0.05, 0.1) is 13.7 Å². The fraction of sp³-hybridized carbons (Fsp3) is 0.444. The standard InChI is InChI=1S/C18H26N2O3/c1-4-5-6-12-19-17(21)14-20(2)18(22)11-10-15-8-7-9-16(13-15)23-3/h7-11,13H,4-6,12,14H2,1-3H3,(H,19,21)/b11-10+. The molecule has 0 aliphatic carbocycles. The van der Waals surface area contributed by atoms with E-state index in [9.17, 15) is 9.59 Å². The number of likely N-dealkylation sites (N-methyl/N-ethyl adjacent to an activating group) is 1. The van der Waals surface area contributed by atoms with Gasteiger partial charge >= 0.3 is 0 Å². The molecule has 5 nitrogen and oxygen atoms in total. The van der Waals surface area contributed by atoms with E-state index >= 15 is 0 Å². The summed E-state index contributed by atoms with van der Waals surface area (Å²) < 4.78 is 5.13. The molecule has 0 unspecified atom stereocenters. The monoisotopic (exact) mass is 318 g/mol. The van der Waals surface area contributed by atoms with Crippen molar-refractivity contribution in [3.63, 3.8) is 0 Å². The van der Waals surface area contributed by atoms with Gasteiger partial charge in [-0.2, -0.15) is 0 Å². The lowest BCUT2D eigenvalue weighted by Crippen LogP contribution is -2.38. The van der Waals surface area contributed by atoms with Crippen molar-refractivity contribution in [2.24, 2.45) is 0 Å². The summed E-state index contributed by atoms with van der Waals surface area (Å²) in [5, 5.41) is 2.82. The van der Waals surface area contributed by atoms with Crippen LogP contribution in [0.25, 0.3) is 6.08 Å². The number of hydrogen-bond acceptors (Lipinski definition) is 3. The number of nitrogens with zero attached hydrogens (tertiary/aromatic N) is 1. The maximum absolute atomic E-state index is 12.0. The predicted octanol–water partition coefficient (Wildman–Crippen LogP) is 2.47. The number of carbonyl (C=O) groups is 2. The number of nitrogens with one attached hydrogen (secondary N) is 1. The maximum Gasteiger partial charge on any atom is 0.246 e. The first-order chi connectivity index (χ1) is 11.1. The topological polar surface area (TPSA) is 58.6 Å². The van der Waals surface area contributed by atoms with Crippen LogP contribution in [0.3, 0.4) is 0 Å². The highest BCUT2D eigenvalue weighted by atomic mass is 16.5. The SMILES string of the molecule is CCCCCNC(=O)CN(C)C(=O)/C=C/c1cccc(OC)c1. The summed E-state index contributed by atoms with van der Waals surface area (Å²) in [5.74, 6) is 0.391. The van der Waals surface area contributed by atoms with Gasteiger partial charge < -0.3 is 15.0 Å². The lowest BCUT2D eigenvalue weighted by Gasteiger charge is -2.14. The van der Waals surface area contributed by atoms with Crippen LogP contribution in [0.4, 0.5) is 0 Å². The van der Waals surface area contributed by atoms with Gasteiger partial charge in [-0.1, -0.05) is 31.9 Å². The highest BCUT2D eigenvalue weighted by molar-refractivity contribution is 5.94. The van der Waals surface area contributed by atoms with Gasteiger partial charge in [0.15, 0.2) is 0 Å². The van der Waals surface area contributed by atoms with Gasteiger partial charge in [-0.3, -0.25) is 9.59 Å². The van der Waals surface area contributed by atoms with Gasteiger partial charge in [-0.15, -0.1) is 0 Å². The van der Waals surface area contributed by atoms with Gasteiger partial charge in [-0.25, -0.2) is 0 Å². The van der Waals surface area contributed by atoms with Crippen LogP contribution in [0.2, 0.25) is 0 Å². The summed E-state index contributed by atoms with van der Waals surface area (Å²) in [7, 11) is 3.21. The predicted molar refractivity (Wildman–Crippen MR) is 92.2 cm³/mol. The minimum atomic E-state index is -0.212. The molecule has 0 fully saturated rings. The summed E-state index contributed by atoms with van der Waals surface area (Å²) in [4.78, 5) is 25.1. The van der Waals surface area contributed by atoms with E-state index < -0.39 is 0 Å². The van der Waals surface area contributed by atoms with Crippen molar-refractivity contribution < 1.29 is 14.3 Å². The average molecular weight is 318 g/mol. The van der Waals surface area contributed by atoms with Crippen molar-refractivity contribution >= 4 is 17.9 Å². The zero-order valence-electron chi connectivity index (χ0n) is 14.2. The molecule has 1 aromatic carbocycles. The second-order valence-corrected chi connectivity index (χ2v) is 5.36. The Labute approximate surface area is 138 Å². The normalized spacial score (nSPS) is 10.6. The Morgan fingerprint density at radius 1 is 1.30 bits per heavy atom. The quantitative estimate of drug-likeness (QED) is 0.562. The Morgan fingerprint density at radius 2 is 2.09 bits per heavy atom. The third kappa shape index (κ3) is 7.49. The summed E-state index contributed by atoms with van der Waals surface area (Å²) >= 11 is 0. The van der Waals surface area contributed by atoms with Crippen molar-refractivity contribution in [1.29, 1.82) is 0 Å². The zero-order chi connectivity index (χ0) is 17.1. The van der Waals surface area contributed by atoms with Crippen molar-refractivity contribution in [2.45, 2.75) is 26.2 Å². The van der Waals surface area contributed by atoms with E-state index in [2.05, 4.69) is 12.2 Å². The zero-order valence-corrected chi connectivity index (χ0v) is 14.2. The Hall–Kier alpha value is -2.30. The molecule has 0 aliphatic heterocycles. The lowest BCUT2D eigenvalue weighted by molar-refractivity contribution is -0.131. The molecule has 5 heteroatoms. The number of benzene rings is 1. The van der Waals surface area contributed by atoms with Crippen LogP contribution < -0.4 is 10.1 Å². The minimum absolute atomic E-state index is 0.0629. The Kier molecular flexibility index (Phi) is 8.50. The molecule has 126 valence electrons. The lowest BCUT2D eigenvalue weighted by atomic mass is 10.2. The second-order valence-electron chi connectivity index (χ2n) is 5.36. The molecule has 1 rings (SSSR count). The number of hydrogen-bond donors (Lipinski definition) is 1. The average Bonchev–Trinajstić information content (AvgIpc) is 2.56. The molecule has 0 saturated carbocycles. The Balaban J connectivity index is 2.43. The third-order valence-electron chi connectivity index (χ3n) is 3.37. The van der Waals surface area contributed by atoms with Crippen LogP contribution in [0.15, 0.2) is 30.3 Å². The van der Waals surface area contributed by atoms with Gasteiger partial charge in [0.25, 0.3) is 0 Å². The Morgan fingerprint density at radius 3 is 2.78 bits per heavy atom. The fourth-order valence-corrected chi connectivity index (χ4v) is 1.99. The molecule has 2 amide bonds. The number of rotatable bonds is 9. The summed E-state index contributed by atoms with van der Waals surface area (Å²) in [6.07, 6.45) is 6.34. The number of unbranched alkanes of at least 4 members (excludes halogenated alkanes) is 2. The molecule has 0 atom stereocenters. The van der Waals surface area contributed by atoms with E-state index in [1.54, 1.807) is 20.2 Å². The van der Waals surface area contributed by atoms with Crippen molar-refractivity contribution in [3.8, 4) is 5.75 Å². The van der Waals surface area contributed by atoms with E-state index in [-0.39, 0.29) is 18.4 Å². The first-order valence-electron chi connectivity index (χ1n) is 7.90. The molecule has 0 aromatic heterocycles. The fourth-order valence-electron chi connectivity index (χ4n) is 1.99. The molecular weight excluding hydrogens is 292 g/mol. The molecule has 0 bridgehead atoms. The molecule has 0 aliphatic rings. The van der Waals surface area contributed by atoms with Crippen LogP contribution in [0.1, 0.15) is 31.7 Å². The molecular formula is C18H26N2O3. The van der Waals surface area contributed by atoms with Gasteiger partial charge in [-0.05, 0) is 30.2 Å². The highest BCUT2D eigenvalue weighted by Crippen LogP contribution is 2.13. The van der Waals surface area contributed by atoms with Crippen LogP contribution in [0.5, 0.6) is 5.75 Å². The molecule has 0 spiro atoms. The number of ether oxygens (including phenoxy) is 1. The van der Waals surface area contributed by atoms with Gasteiger partial charge in [0.2, 0.25) is 11.8 Å². The smallest absolute Gasteiger partial charge is 0.246 e. The molecule has 1 aromatic rings. The van der Waals surface area contributed by atoms with E-state index in [1.807, 2.05) is 24.3 Å². The first kappa shape index (κ1) is 18.7. The van der Waals surface area contributed by atoms with E-state index in [0.29, 0.717) is 6.54 Å². The molecule has 0 saturated heterocycles. The van der Waals surface area contributed by atoms with Crippen molar-refractivity contribution in [2.75, 3.05) is 27.2 Å². The molecule has 0 radical (unpaired) electrons. The van der Waals surface area contributed by atoms with Crippen molar-refractivity contribution in [3.05, 3.63) is 35.9 Å². The van der Waals surface area contributed by atoms with Crippen LogP contribution in [-0.4, -0.2) is 44.0 Å². The van der Waals surface area contributed by atoms with E-state index in [1.165, 1.54) is 11.0 Å². The minimum Gasteiger partial charge on any atom is -0.497 e. The molecule has 0 heterocycles. The molecule has 23 heavy (non-hydrogen) atoms. The summed E-state index contributed by atoms with van der Waals surface area (Å²) in [6, 6.07) is 7.42. The van der Waals surface area contributed by atoms with Gasteiger partial charge in [0, 0.05) is 19.7 Å². The largest absolute Gasteiger partial charge is 0.497 e. The maximum atomic E-state index is 12.0. The van der Waals surface area contributed by atoms with Gasteiger partial charge in [0.1, 0.15) is 5.75 Å². The number of amides is 2. The van der Waals surface area contributed by atoms with Crippen LogP contribution in [0, 0.1) is 0 Å². The van der Waals surface area contributed by atoms with E-state index in [0.717, 1.165) is 30.6 Å². The Bertz CT molecular complexity index is 541. The second kappa shape index (κ2) is 10.4.